The molecule has 0 spiro atoms. The molecule has 1 aliphatic heterocycles. The van der Waals surface area contributed by atoms with Crippen LogP contribution in [0, 0.1) is 10.1 Å². The average Bonchev–Trinajstić information content (AvgIpc) is 2.73. The second-order valence-electron chi connectivity index (χ2n) is 6.41. The Balaban J connectivity index is 2.37. The first-order valence-electron chi connectivity index (χ1n) is 9.17. The number of nitro benzene ring substituents is 1. The van der Waals surface area contributed by atoms with Crippen LogP contribution in [0.1, 0.15) is 31.0 Å². The van der Waals surface area contributed by atoms with Gasteiger partial charge in [0.15, 0.2) is 0 Å². The van der Waals surface area contributed by atoms with Gasteiger partial charge in [-0.1, -0.05) is 42.5 Å². The summed E-state index contributed by atoms with van der Waals surface area (Å²) in [5.74, 6) is -1.46. The fourth-order valence-electron chi connectivity index (χ4n) is 3.38. The summed E-state index contributed by atoms with van der Waals surface area (Å²) in [6.07, 6.45) is 0. The molecule has 3 rings (SSSR count). The molecule has 0 saturated heterocycles. The zero-order valence-electron chi connectivity index (χ0n) is 16.3. The van der Waals surface area contributed by atoms with E-state index in [0.717, 1.165) is 11.8 Å². The molecule has 2 aromatic carbocycles. The zero-order chi connectivity index (χ0) is 21.8. The van der Waals surface area contributed by atoms with Crippen LogP contribution in [-0.2, 0) is 14.3 Å². The van der Waals surface area contributed by atoms with Gasteiger partial charge >= 0.3 is 12.0 Å². The van der Waals surface area contributed by atoms with E-state index in [1.807, 2.05) is 0 Å². The van der Waals surface area contributed by atoms with Crippen molar-refractivity contribution >= 4 is 29.3 Å². The number of ether oxygens (including phenoxy) is 1. The number of nitro groups is 1. The van der Waals surface area contributed by atoms with Gasteiger partial charge in [-0.25, -0.2) is 9.59 Å². The Morgan fingerprint density at radius 1 is 1.13 bits per heavy atom. The first-order valence-corrected chi connectivity index (χ1v) is 9.17. The van der Waals surface area contributed by atoms with Gasteiger partial charge < -0.3 is 10.1 Å². The Morgan fingerprint density at radius 3 is 2.37 bits per heavy atom. The lowest BCUT2D eigenvalue weighted by atomic mass is 9.90. The largest absolute Gasteiger partial charge is 0.463 e. The summed E-state index contributed by atoms with van der Waals surface area (Å²) in [7, 11) is 0. The van der Waals surface area contributed by atoms with E-state index in [1.165, 1.54) is 24.3 Å². The summed E-state index contributed by atoms with van der Waals surface area (Å²) in [5.41, 5.74) is 0.286. The minimum Gasteiger partial charge on any atom is -0.463 e. The number of benzene rings is 2. The fraction of sp³-hybridized carbons (Fsp3) is 0.190. The van der Waals surface area contributed by atoms with E-state index >= 15 is 0 Å². The highest BCUT2D eigenvalue weighted by molar-refractivity contribution is 6.08. The number of nitrogens with one attached hydrogen (secondary N) is 1. The van der Waals surface area contributed by atoms with Crippen LogP contribution in [0.5, 0.6) is 0 Å². The summed E-state index contributed by atoms with van der Waals surface area (Å²) in [6, 6.07) is 12.1. The molecule has 9 nitrogen and oxygen atoms in total. The number of amides is 3. The average molecular weight is 409 g/mol. The molecule has 0 bridgehead atoms. The van der Waals surface area contributed by atoms with E-state index in [1.54, 1.807) is 37.3 Å². The number of urea groups is 1. The van der Waals surface area contributed by atoms with Crippen LogP contribution in [0.4, 0.5) is 10.5 Å². The van der Waals surface area contributed by atoms with Crippen LogP contribution in [-0.4, -0.2) is 34.3 Å². The number of carbonyl (C=O) groups excluding carboxylic acids is 3. The monoisotopic (exact) mass is 409 g/mol. The van der Waals surface area contributed by atoms with Gasteiger partial charge in [0.2, 0.25) is 5.91 Å². The standard InChI is InChI=1S/C21H19N3O6/c1-3-30-20(26)17-18(14-9-5-4-6-10-14)22-21(27)23(13(2)25)19(17)15-11-7-8-12-16(15)24(28)29/h4-12,19H,3H2,1-2H3,(H,22,27). The van der Waals surface area contributed by atoms with Crippen LogP contribution >= 0.6 is 0 Å². The number of para-hydroxylation sites is 1. The van der Waals surface area contributed by atoms with Crippen LogP contribution in [0.15, 0.2) is 60.2 Å². The molecule has 154 valence electrons. The van der Waals surface area contributed by atoms with Crippen molar-refractivity contribution in [3.05, 3.63) is 81.4 Å². The van der Waals surface area contributed by atoms with Crippen molar-refractivity contribution < 1.29 is 24.0 Å². The van der Waals surface area contributed by atoms with Gasteiger partial charge in [0.05, 0.1) is 28.4 Å². The van der Waals surface area contributed by atoms with E-state index in [9.17, 15) is 24.5 Å². The topological polar surface area (TPSA) is 119 Å². The minimum absolute atomic E-state index is 0.0315. The number of hydrogen-bond donors (Lipinski definition) is 1. The summed E-state index contributed by atoms with van der Waals surface area (Å²) in [5, 5.41) is 14.2. The van der Waals surface area contributed by atoms with Gasteiger partial charge in [-0.05, 0) is 18.6 Å². The molecule has 1 N–H and O–H groups in total. The summed E-state index contributed by atoms with van der Waals surface area (Å²) < 4.78 is 5.19. The molecular formula is C21H19N3O6. The van der Waals surface area contributed by atoms with Crippen molar-refractivity contribution in [2.24, 2.45) is 0 Å². The number of hydrogen-bond acceptors (Lipinski definition) is 6. The zero-order valence-corrected chi connectivity index (χ0v) is 16.3. The number of esters is 1. The molecule has 2 aromatic rings. The Hall–Kier alpha value is -4.01. The van der Waals surface area contributed by atoms with Gasteiger partial charge in [-0.2, -0.15) is 0 Å². The molecule has 1 atom stereocenters. The predicted molar refractivity (Wildman–Crippen MR) is 107 cm³/mol. The predicted octanol–water partition coefficient (Wildman–Crippen LogP) is 3.18. The molecule has 3 amide bonds. The quantitative estimate of drug-likeness (QED) is 0.460. The van der Waals surface area contributed by atoms with E-state index in [-0.39, 0.29) is 29.1 Å². The van der Waals surface area contributed by atoms with Gasteiger partial charge in [-0.15, -0.1) is 0 Å². The first-order chi connectivity index (χ1) is 14.4. The number of rotatable bonds is 5. The van der Waals surface area contributed by atoms with Crippen LogP contribution < -0.4 is 5.32 Å². The van der Waals surface area contributed by atoms with Gasteiger partial charge in [0.25, 0.3) is 5.69 Å². The third kappa shape index (κ3) is 3.77. The summed E-state index contributed by atoms with van der Waals surface area (Å²) >= 11 is 0. The molecule has 30 heavy (non-hydrogen) atoms. The Bertz CT molecular complexity index is 1050. The second-order valence-corrected chi connectivity index (χ2v) is 6.41. The van der Waals surface area contributed by atoms with Crippen molar-refractivity contribution in [1.29, 1.82) is 0 Å². The lowest BCUT2D eigenvalue weighted by Crippen LogP contribution is -2.50. The Morgan fingerprint density at radius 2 is 1.77 bits per heavy atom. The molecule has 0 radical (unpaired) electrons. The highest BCUT2D eigenvalue weighted by Gasteiger charge is 2.44. The van der Waals surface area contributed by atoms with Crippen molar-refractivity contribution in [2.45, 2.75) is 19.9 Å². The highest BCUT2D eigenvalue weighted by Crippen LogP contribution is 2.40. The fourth-order valence-corrected chi connectivity index (χ4v) is 3.38. The maximum atomic E-state index is 13.0. The van der Waals surface area contributed by atoms with Crippen LogP contribution in [0.25, 0.3) is 5.70 Å². The van der Waals surface area contributed by atoms with Crippen LogP contribution in [0.3, 0.4) is 0 Å². The first kappa shape index (κ1) is 20.7. The van der Waals surface area contributed by atoms with Crippen molar-refractivity contribution in [2.75, 3.05) is 6.61 Å². The summed E-state index contributed by atoms with van der Waals surface area (Å²) in [4.78, 5) is 50.0. The van der Waals surface area contributed by atoms with E-state index in [2.05, 4.69) is 5.32 Å². The normalized spacial score (nSPS) is 16.1. The summed E-state index contributed by atoms with van der Waals surface area (Å²) in [6.45, 7) is 2.81. The second kappa shape index (κ2) is 8.56. The molecule has 1 unspecified atom stereocenters. The van der Waals surface area contributed by atoms with E-state index in [4.69, 9.17) is 4.74 Å². The number of nitrogens with zero attached hydrogens (tertiary/aromatic N) is 2. The molecule has 0 saturated carbocycles. The van der Waals surface area contributed by atoms with Crippen molar-refractivity contribution in [1.82, 2.24) is 10.2 Å². The Labute approximate surface area is 172 Å². The molecule has 9 heteroatoms. The molecule has 1 aliphatic rings. The third-order valence-corrected chi connectivity index (χ3v) is 4.58. The molecule has 1 heterocycles. The molecule has 0 fully saturated rings. The van der Waals surface area contributed by atoms with Gasteiger partial charge in [0, 0.05) is 13.0 Å². The van der Waals surface area contributed by atoms with Gasteiger partial charge in [0.1, 0.15) is 6.04 Å². The van der Waals surface area contributed by atoms with Gasteiger partial charge in [-0.3, -0.25) is 19.8 Å². The SMILES string of the molecule is CCOC(=O)C1=C(c2ccccc2)NC(=O)N(C(C)=O)C1c1ccccc1[N+](=O)[O-]. The lowest BCUT2D eigenvalue weighted by Gasteiger charge is -2.36. The molecular weight excluding hydrogens is 390 g/mol. The maximum absolute atomic E-state index is 13.0. The minimum atomic E-state index is -1.33. The van der Waals surface area contributed by atoms with Crippen LogP contribution in [0.2, 0.25) is 0 Å². The Kier molecular flexibility index (Phi) is 5.91. The third-order valence-electron chi connectivity index (χ3n) is 4.58. The smallest absolute Gasteiger partial charge is 0.338 e. The lowest BCUT2D eigenvalue weighted by molar-refractivity contribution is -0.385. The van der Waals surface area contributed by atoms with Crippen molar-refractivity contribution in [3.63, 3.8) is 0 Å². The number of carbonyl (C=O) groups is 3. The number of imide groups is 1. The van der Waals surface area contributed by atoms with Crippen molar-refractivity contribution in [3.8, 4) is 0 Å². The van der Waals surface area contributed by atoms with E-state index < -0.39 is 28.9 Å². The highest BCUT2D eigenvalue weighted by atomic mass is 16.6. The maximum Gasteiger partial charge on any atom is 0.338 e. The van der Waals surface area contributed by atoms with E-state index in [0.29, 0.717) is 5.56 Å². The molecule has 0 aromatic heterocycles. The molecule has 0 aliphatic carbocycles.